The molecule has 0 bridgehead atoms. The predicted molar refractivity (Wildman–Crippen MR) is 117 cm³/mol. The third-order valence-corrected chi connectivity index (χ3v) is 4.56. The van der Waals surface area contributed by atoms with E-state index in [4.69, 9.17) is 6.42 Å². The fraction of sp³-hybridized carbons (Fsp3) is 0.0417. The summed E-state index contributed by atoms with van der Waals surface area (Å²) in [5.74, 6) is 3.22. The molecule has 6 nitrogen and oxygen atoms in total. The summed E-state index contributed by atoms with van der Waals surface area (Å²) in [4.78, 5) is 17.0. The number of para-hydroxylation sites is 2. The molecule has 1 amide bonds. The Morgan fingerprint density at radius 2 is 1.93 bits per heavy atom. The molecule has 0 saturated heterocycles. The van der Waals surface area contributed by atoms with Gasteiger partial charge in [-0.3, -0.25) is 4.79 Å². The van der Waals surface area contributed by atoms with Crippen LogP contribution in [0.15, 0.2) is 77.9 Å². The molecule has 6 heteroatoms. The normalized spacial score (nSPS) is 10.9. The van der Waals surface area contributed by atoms with E-state index in [9.17, 15) is 9.90 Å². The number of phenols is 1. The topological polar surface area (TPSA) is 79.5 Å². The fourth-order valence-corrected chi connectivity index (χ4v) is 3.15. The van der Waals surface area contributed by atoms with Crippen molar-refractivity contribution in [2.24, 2.45) is 5.10 Å². The molecule has 30 heavy (non-hydrogen) atoms. The second-order valence-corrected chi connectivity index (χ2v) is 6.59. The number of phenolic OH excluding ortho intramolecular Hbond substituents is 1. The molecule has 0 radical (unpaired) electrons. The second kappa shape index (κ2) is 8.33. The van der Waals surface area contributed by atoms with Gasteiger partial charge in [0.05, 0.1) is 23.8 Å². The highest BCUT2D eigenvalue weighted by molar-refractivity contribution is 5.95. The number of aromatic nitrogens is 2. The molecule has 0 fully saturated rings. The highest BCUT2D eigenvalue weighted by Crippen LogP contribution is 2.25. The van der Waals surface area contributed by atoms with Gasteiger partial charge in [0.25, 0.3) is 5.91 Å². The van der Waals surface area contributed by atoms with Crippen molar-refractivity contribution in [3.8, 4) is 29.5 Å². The Labute approximate surface area is 173 Å². The third kappa shape index (κ3) is 3.91. The van der Waals surface area contributed by atoms with Crippen LogP contribution >= 0.6 is 0 Å². The smallest absolute Gasteiger partial charge is 0.271 e. The molecule has 0 atom stereocenters. The number of benzene rings is 3. The largest absolute Gasteiger partial charge is 0.508 e. The van der Waals surface area contributed by atoms with Crippen molar-refractivity contribution in [2.45, 2.75) is 6.54 Å². The van der Waals surface area contributed by atoms with Crippen LogP contribution in [-0.4, -0.2) is 26.8 Å². The Balaban J connectivity index is 1.53. The van der Waals surface area contributed by atoms with E-state index in [-0.39, 0.29) is 11.7 Å². The van der Waals surface area contributed by atoms with E-state index < -0.39 is 0 Å². The van der Waals surface area contributed by atoms with Crippen molar-refractivity contribution in [1.29, 1.82) is 0 Å². The first-order valence-corrected chi connectivity index (χ1v) is 9.27. The summed E-state index contributed by atoms with van der Waals surface area (Å²) in [6.45, 7) is 0.405. The average Bonchev–Trinajstić information content (AvgIpc) is 3.13. The van der Waals surface area contributed by atoms with Gasteiger partial charge in [-0.2, -0.15) is 5.10 Å². The van der Waals surface area contributed by atoms with Gasteiger partial charge in [0, 0.05) is 11.1 Å². The number of carbonyl (C=O) groups excluding carboxylic acids is 1. The number of fused-ring (bicyclic) bond motifs is 1. The van der Waals surface area contributed by atoms with E-state index in [2.05, 4.69) is 21.4 Å². The zero-order chi connectivity index (χ0) is 20.9. The number of rotatable bonds is 5. The minimum atomic E-state index is -0.338. The molecule has 146 valence electrons. The van der Waals surface area contributed by atoms with Gasteiger partial charge in [-0.25, -0.2) is 10.4 Å². The van der Waals surface area contributed by atoms with Crippen molar-refractivity contribution in [3.63, 3.8) is 0 Å². The Morgan fingerprint density at radius 1 is 1.13 bits per heavy atom. The minimum Gasteiger partial charge on any atom is -0.508 e. The van der Waals surface area contributed by atoms with Crippen LogP contribution in [0.3, 0.4) is 0 Å². The van der Waals surface area contributed by atoms with Crippen LogP contribution in [0.2, 0.25) is 0 Å². The molecule has 1 heterocycles. The first kappa shape index (κ1) is 19.0. The van der Waals surface area contributed by atoms with E-state index in [1.165, 1.54) is 6.21 Å². The summed E-state index contributed by atoms with van der Waals surface area (Å²) in [5.41, 5.74) is 6.32. The maximum atomic E-state index is 12.3. The van der Waals surface area contributed by atoms with E-state index in [1.807, 2.05) is 41.0 Å². The number of nitrogens with zero attached hydrogens (tertiary/aromatic N) is 3. The zero-order valence-electron chi connectivity index (χ0n) is 16.0. The van der Waals surface area contributed by atoms with E-state index >= 15 is 0 Å². The van der Waals surface area contributed by atoms with Gasteiger partial charge in [0.2, 0.25) is 0 Å². The summed E-state index contributed by atoms with van der Waals surface area (Å²) in [6, 6.07) is 21.5. The lowest BCUT2D eigenvalue weighted by Crippen LogP contribution is -2.17. The number of nitrogens with one attached hydrogen (secondary N) is 1. The van der Waals surface area contributed by atoms with Crippen LogP contribution in [0.4, 0.5) is 0 Å². The Hall–Kier alpha value is -4.37. The van der Waals surface area contributed by atoms with E-state index in [1.54, 1.807) is 36.4 Å². The monoisotopic (exact) mass is 394 g/mol. The number of hydrogen-bond donors (Lipinski definition) is 2. The maximum absolute atomic E-state index is 12.3. The summed E-state index contributed by atoms with van der Waals surface area (Å²) in [6.07, 6.45) is 7.01. The van der Waals surface area contributed by atoms with Crippen LogP contribution in [0.1, 0.15) is 15.9 Å². The zero-order valence-corrected chi connectivity index (χ0v) is 16.0. The molecule has 0 aliphatic carbocycles. The minimum absolute atomic E-state index is 0.136. The molecule has 4 aromatic rings. The number of hydrazone groups is 1. The van der Waals surface area contributed by atoms with Gasteiger partial charge in [-0.1, -0.05) is 42.3 Å². The highest BCUT2D eigenvalue weighted by atomic mass is 16.3. The number of carbonyl (C=O) groups is 1. The SMILES string of the molecule is C#CCn1c(-c2ccc(C(=O)N/N=C/c3cccc(O)c3)cc2)nc2ccccc21. The first-order valence-electron chi connectivity index (χ1n) is 9.27. The van der Waals surface area contributed by atoms with Crippen molar-refractivity contribution < 1.29 is 9.90 Å². The lowest BCUT2D eigenvalue weighted by Gasteiger charge is -2.06. The molecule has 2 N–H and O–H groups in total. The highest BCUT2D eigenvalue weighted by Gasteiger charge is 2.12. The van der Waals surface area contributed by atoms with Gasteiger partial charge >= 0.3 is 0 Å². The fourth-order valence-electron chi connectivity index (χ4n) is 3.15. The lowest BCUT2D eigenvalue weighted by molar-refractivity contribution is 0.0955. The number of terminal acetylenes is 1. The Morgan fingerprint density at radius 3 is 2.70 bits per heavy atom. The summed E-state index contributed by atoms with van der Waals surface area (Å²) >= 11 is 0. The van der Waals surface area contributed by atoms with Crippen LogP contribution in [-0.2, 0) is 6.54 Å². The summed E-state index contributed by atoms with van der Waals surface area (Å²) < 4.78 is 1.98. The van der Waals surface area contributed by atoms with Gasteiger partial charge in [-0.05, 0) is 42.0 Å². The third-order valence-electron chi connectivity index (χ3n) is 4.56. The molecular formula is C24H18N4O2. The van der Waals surface area contributed by atoms with Gasteiger partial charge in [0.15, 0.2) is 0 Å². The summed E-state index contributed by atoms with van der Waals surface area (Å²) in [7, 11) is 0. The Bertz CT molecular complexity index is 1280. The van der Waals surface area contributed by atoms with Crippen LogP contribution in [0, 0.1) is 12.3 Å². The molecule has 0 saturated carbocycles. The molecule has 0 aliphatic rings. The second-order valence-electron chi connectivity index (χ2n) is 6.59. The summed E-state index contributed by atoms with van der Waals surface area (Å²) in [5, 5.41) is 13.4. The van der Waals surface area contributed by atoms with Crippen molar-refractivity contribution >= 4 is 23.2 Å². The number of hydrogen-bond acceptors (Lipinski definition) is 4. The quantitative estimate of drug-likeness (QED) is 0.307. The van der Waals surface area contributed by atoms with E-state index in [0.29, 0.717) is 17.7 Å². The number of amides is 1. The number of imidazole rings is 1. The van der Waals surface area contributed by atoms with Gasteiger partial charge in [-0.15, -0.1) is 6.42 Å². The number of aromatic hydroxyl groups is 1. The van der Waals surface area contributed by atoms with Crippen molar-refractivity contribution in [1.82, 2.24) is 15.0 Å². The van der Waals surface area contributed by atoms with Crippen molar-refractivity contribution in [3.05, 3.63) is 83.9 Å². The van der Waals surface area contributed by atoms with E-state index in [0.717, 1.165) is 22.4 Å². The van der Waals surface area contributed by atoms with Gasteiger partial charge < -0.3 is 9.67 Å². The Kier molecular flexibility index (Phi) is 5.27. The molecule has 0 spiro atoms. The molecule has 3 aromatic carbocycles. The molecule has 0 unspecified atom stereocenters. The van der Waals surface area contributed by atoms with Crippen LogP contribution in [0.5, 0.6) is 5.75 Å². The van der Waals surface area contributed by atoms with Crippen LogP contribution < -0.4 is 5.43 Å². The average molecular weight is 394 g/mol. The van der Waals surface area contributed by atoms with Gasteiger partial charge in [0.1, 0.15) is 11.6 Å². The lowest BCUT2D eigenvalue weighted by atomic mass is 10.1. The molecule has 0 aliphatic heterocycles. The predicted octanol–water partition coefficient (Wildman–Crippen LogP) is 3.81. The van der Waals surface area contributed by atoms with Crippen molar-refractivity contribution in [2.75, 3.05) is 0 Å². The molecular weight excluding hydrogens is 376 g/mol. The van der Waals surface area contributed by atoms with Crippen LogP contribution in [0.25, 0.3) is 22.4 Å². The first-order chi connectivity index (χ1) is 14.7. The maximum Gasteiger partial charge on any atom is 0.271 e. The molecule has 1 aromatic heterocycles. The molecule has 4 rings (SSSR count). The standard InChI is InChI=1S/C24H18N4O2/c1-2-14-28-22-9-4-3-8-21(22)26-23(28)18-10-12-19(13-11-18)24(30)27-25-16-17-6-5-7-20(29)15-17/h1,3-13,15-16,29H,14H2,(H,27,30)/b25-16+.